The Bertz CT molecular complexity index is 696. The van der Waals surface area contributed by atoms with E-state index in [0.717, 1.165) is 16.9 Å². The van der Waals surface area contributed by atoms with Gasteiger partial charge in [-0.2, -0.15) is 0 Å². The lowest BCUT2D eigenvalue weighted by Crippen LogP contribution is -2.03. The fourth-order valence-corrected chi connectivity index (χ4v) is 1.84. The molecule has 0 unspecified atom stereocenters. The van der Waals surface area contributed by atoms with Crippen molar-refractivity contribution in [1.82, 2.24) is 20.2 Å². The minimum absolute atomic E-state index is 0.504. The van der Waals surface area contributed by atoms with E-state index < -0.39 is 0 Å². The molecule has 3 aromatic rings. The summed E-state index contributed by atoms with van der Waals surface area (Å²) in [5, 5.41) is 11.2. The van der Waals surface area contributed by atoms with E-state index in [1.54, 1.807) is 25.5 Å². The predicted octanol–water partition coefficient (Wildman–Crippen LogP) is 2.45. The molecule has 0 fully saturated rings. The molecule has 0 amide bonds. The molecule has 100 valence electrons. The molecule has 20 heavy (non-hydrogen) atoms. The topological polar surface area (TPSA) is 76.7 Å². The van der Waals surface area contributed by atoms with Gasteiger partial charge >= 0.3 is 0 Å². The van der Waals surface area contributed by atoms with E-state index in [1.165, 1.54) is 0 Å². The molecule has 0 spiro atoms. The fourth-order valence-electron chi connectivity index (χ4n) is 1.84. The summed E-state index contributed by atoms with van der Waals surface area (Å²) in [5.41, 5.74) is 2.66. The van der Waals surface area contributed by atoms with Crippen molar-refractivity contribution in [3.63, 3.8) is 0 Å². The molecule has 0 bridgehead atoms. The van der Waals surface area contributed by atoms with E-state index in [-0.39, 0.29) is 0 Å². The summed E-state index contributed by atoms with van der Waals surface area (Å²) in [4.78, 5) is 8.26. The monoisotopic (exact) mass is 267 g/mol. The van der Waals surface area contributed by atoms with Crippen molar-refractivity contribution in [2.45, 2.75) is 13.5 Å². The highest BCUT2D eigenvalue weighted by molar-refractivity contribution is 5.72. The van der Waals surface area contributed by atoms with Crippen molar-refractivity contribution in [2.24, 2.45) is 0 Å². The zero-order chi connectivity index (χ0) is 13.8. The first kappa shape index (κ1) is 12.3. The van der Waals surface area contributed by atoms with Crippen molar-refractivity contribution in [3.8, 4) is 11.5 Å². The van der Waals surface area contributed by atoms with Gasteiger partial charge in [0.15, 0.2) is 0 Å². The molecule has 6 nitrogen and oxygen atoms in total. The SMILES string of the molecule is Cc1nnc(-c2ccccc2NCc2cnccn2)o1. The van der Waals surface area contributed by atoms with Gasteiger partial charge in [0, 0.05) is 25.0 Å². The van der Waals surface area contributed by atoms with Crippen LogP contribution < -0.4 is 5.32 Å². The lowest BCUT2D eigenvalue weighted by Gasteiger charge is -2.08. The van der Waals surface area contributed by atoms with E-state index in [1.807, 2.05) is 24.3 Å². The number of anilines is 1. The van der Waals surface area contributed by atoms with Crippen molar-refractivity contribution in [2.75, 3.05) is 5.32 Å². The van der Waals surface area contributed by atoms with E-state index >= 15 is 0 Å². The standard InChI is InChI=1S/C14H13N5O/c1-10-18-19-14(20-10)12-4-2-3-5-13(12)17-9-11-8-15-6-7-16-11/h2-8,17H,9H2,1H3. The first-order valence-electron chi connectivity index (χ1n) is 6.21. The van der Waals surface area contributed by atoms with Crippen LogP contribution in [-0.2, 0) is 6.54 Å². The molecular weight excluding hydrogens is 254 g/mol. The average Bonchev–Trinajstić information content (AvgIpc) is 2.93. The Morgan fingerprint density at radius 2 is 2.05 bits per heavy atom. The maximum absolute atomic E-state index is 5.47. The summed E-state index contributed by atoms with van der Waals surface area (Å²) in [6, 6.07) is 7.78. The Hall–Kier alpha value is -2.76. The number of nitrogens with one attached hydrogen (secondary N) is 1. The molecule has 0 aliphatic carbocycles. The van der Waals surface area contributed by atoms with Gasteiger partial charge in [-0.3, -0.25) is 9.97 Å². The van der Waals surface area contributed by atoms with Gasteiger partial charge in [-0.25, -0.2) is 0 Å². The molecular formula is C14H13N5O. The van der Waals surface area contributed by atoms with Gasteiger partial charge in [-0.1, -0.05) is 12.1 Å². The van der Waals surface area contributed by atoms with Crippen LogP contribution in [0.2, 0.25) is 0 Å². The molecule has 0 saturated heterocycles. The number of aromatic nitrogens is 4. The van der Waals surface area contributed by atoms with Crippen LogP contribution in [0.4, 0.5) is 5.69 Å². The van der Waals surface area contributed by atoms with Crippen LogP contribution >= 0.6 is 0 Å². The second-order valence-corrected chi connectivity index (χ2v) is 4.22. The predicted molar refractivity (Wildman–Crippen MR) is 73.8 cm³/mol. The van der Waals surface area contributed by atoms with Crippen LogP contribution in [0.25, 0.3) is 11.5 Å². The van der Waals surface area contributed by atoms with Gasteiger partial charge in [-0.05, 0) is 12.1 Å². The summed E-state index contributed by atoms with van der Waals surface area (Å²) < 4.78 is 5.47. The highest BCUT2D eigenvalue weighted by Gasteiger charge is 2.10. The maximum atomic E-state index is 5.47. The van der Waals surface area contributed by atoms with Gasteiger partial charge in [0.1, 0.15) is 0 Å². The highest BCUT2D eigenvalue weighted by atomic mass is 16.4. The lowest BCUT2D eigenvalue weighted by molar-refractivity contribution is 0.533. The second kappa shape index (κ2) is 5.48. The van der Waals surface area contributed by atoms with Gasteiger partial charge < -0.3 is 9.73 Å². The minimum atomic E-state index is 0.504. The highest BCUT2D eigenvalue weighted by Crippen LogP contribution is 2.26. The van der Waals surface area contributed by atoms with E-state index in [4.69, 9.17) is 4.42 Å². The smallest absolute Gasteiger partial charge is 0.249 e. The maximum Gasteiger partial charge on any atom is 0.249 e. The van der Waals surface area contributed by atoms with Gasteiger partial charge in [-0.15, -0.1) is 10.2 Å². The fraction of sp³-hybridized carbons (Fsp3) is 0.143. The first-order valence-corrected chi connectivity index (χ1v) is 6.21. The number of nitrogens with zero attached hydrogens (tertiary/aromatic N) is 4. The van der Waals surface area contributed by atoms with Crippen molar-refractivity contribution in [1.29, 1.82) is 0 Å². The minimum Gasteiger partial charge on any atom is -0.421 e. The number of benzene rings is 1. The average molecular weight is 267 g/mol. The van der Waals surface area contributed by atoms with Crippen molar-refractivity contribution >= 4 is 5.69 Å². The van der Waals surface area contributed by atoms with Crippen LogP contribution in [0.3, 0.4) is 0 Å². The normalized spacial score (nSPS) is 10.4. The quantitative estimate of drug-likeness (QED) is 0.782. The molecule has 1 aromatic carbocycles. The van der Waals surface area contributed by atoms with Crippen LogP contribution in [0.5, 0.6) is 0 Å². The molecule has 2 aromatic heterocycles. The Morgan fingerprint density at radius 1 is 1.15 bits per heavy atom. The number of hydrogen-bond donors (Lipinski definition) is 1. The summed E-state index contributed by atoms with van der Waals surface area (Å²) in [6.45, 7) is 2.35. The number of aryl methyl sites for hydroxylation is 1. The summed E-state index contributed by atoms with van der Waals surface area (Å²) in [7, 11) is 0. The summed E-state index contributed by atoms with van der Waals surface area (Å²) in [5.74, 6) is 1.05. The van der Waals surface area contributed by atoms with Crippen LogP contribution in [0.1, 0.15) is 11.6 Å². The molecule has 0 aliphatic heterocycles. The molecule has 0 radical (unpaired) electrons. The van der Waals surface area contributed by atoms with E-state index in [0.29, 0.717) is 18.3 Å². The van der Waals surface area contributed by atoms with Crippen LogP contribution in [-0.4, -0.2) is 20.2 Å². The van der Waals surface area contributed by atoms with E-state index in [2.05, 4.69) is 25.5 Å². The molecule has 0 atom stereocenters. The molecule has 0 saturated carbocycles. The number of hydrogen-bond acceptors (Lipinski definition) is 6. The van der Waals surface area contributed by atoms with Gasteiger partial charge in [0.2, 0.25) is 11.8 Å². The Labute approximate surface area is 115 Å². The third kappa shape index (κ3) is 2.64. The van der Waals surface area contributed by atoms with E-state index in [9.17, 15) is 0 Å². The second-order valence-electron chi connectivity index (χ2n) is 4.22. The molecule has 0 aliphatic rings. The lowest BCUT2D eigenvalue weighted by atomic mass is 10.1. The Kier molecular flexibility index (Phi) is 3.36. The van der Waals surface area contributed by atoms with Gasteiger partial charge in [0.05, 0.1) is 24.0 Å². The third-order valence-corrected chi connectivity index (χ3v) is 2.76. The van der Waals surface area contributed by atoms with Crippen molar-refractivity contribution in [3.05, 3.63) is 54.4 Å². The number of rotatable bonds is 4. The van der Waals surface area contributed by atoms with Crippen LogP contribution in [0.15, 0.2) is 47.3 Å². The Morgan fingerprint density at radius 3 is 2.80 bits per heavy atom. The molecule has 3 rings (SSSR count). The van der Waals surface area contributed by atoms with Gasteiger partial charge in [0.25, 0.3) is 0 Å². The summed E-state index contributed by atoms with van der Waals surface area (Å²) >= 11 is 0. The molecule has 6 heteroatoms. The zero-order valence-corrected chi connectivity index (χ0v) is 10.9. The van der Waals surface area contributed by atoms with Crippen LogP contribution in [0, 0.1) is 6.92 Å². The molecule has 1 N–H and O–H groups in total. The molecule has 2 heterocycles. The zero-order valence-electron chi connectivity index (χ0n) is 10.9. The largest absolute Gasteiger partial charge is 0.421 e. The summed E-state index contributed by atoms with van der Waals surface area (Å²) in [6.07, 6.45) is 5.05. The van der Waals surface area contributed by atoms with Crippen molar-refractivity contribution < 1.29 is 4.42 Å². The first-order chi connectivity index (χ1) is 9.83. The third-order valence-electron chi connectivity index (χ3n) is 2.76. The Balaban J connectivity index is 1.83. The number of para-hydroxylation sites is 1.